The zero-order valence-electron chi connectivity index (χ0n) is 17.2. The number of benzene rings is 2. The SMILES string of the molecule is CCC(=O)N(Cc1c(C)nn(-c2ccc(F)cc2)c1Oc1ccccc1)C(C)C. The molecule has 0 N–H and O–H groups in total. The van der Waals surface area contributed by atoms with E-state index in [4.69, 9.17) is 4.74 Å². The van der Waals surface area contributed by atoms with Crippen LogP contribution in [-0.4, -0.2) is 26.6 Å². The predicted octanol–water partition coefficient (Wildman–Crippen LogP) is 5.26. The number of hydrogen-bond donors (Lipinski definition) is 0. The first-order chi connectivity index (χ1) is 13.9. The van der Waals surface area contributed by atoms with Gasteiger partial charge in [0, 0.05) is 12.5 Å². The van der Waals surface area contributed by atoms with E-state index >= 15 is 0 Å². The maximum Gasteiger partial charge on any atom is 0.227 e. The Labute approximate surface area is 170 Å². The van der Waals surface area contributed by atoms with Gasteiger partial charge in [0.05, 0.1) is 23.5 Å². The molecule has 0 spiro atoms. The smallest absolute Gasteiger partial charge is 0.227 e. The molecular formula is C23H26FN3O2. The number of rotatable bonds is 7. The summed E-state index contributed by atoms with van der Waals surface area (Å²) >= 11 is 0. The molecule has 0 radical (unpaired) electrons. The average Bonchev–Trinajstić information content (AvgIpc) is 3.01. The van der Waals surface area contributed by atoms with Gasteiger partial charge in [-0.2, -0.15) is 5.10 Å². The molecule has 3 aromatic rings. The van der Waals surface area contributed by atoms with E-state index in [1.807, 2.05) is 62.9 Å². The third kappa shape index (κ3) is 4.65. The zero-order chi connectivity index (χ0) is 21.0. The Balaban J connectivity index is 2.09. The van der Waals surface area contributed by atoms with E-state index in [0.717, 1.165) is 11.3 Å². The van der Waals surface area contributed by atoms with Gasteiger partial charge in [0.2, 0.25) is 11.8 Å². The molecule has 1 heterocycles. The number of para-hydroxylation sites is 1. The van der Waals surface area contributed by atoms with Crippen LogP contribution >= 0.6 is 0 Å². The zero-order valence-corrected chi connectivity index (χ0v) is 17.2. The number of nitrogens with zero attached hydrogens (tertiary/aromatic N) is 3. The Morgan fingerprint density at radius 3 is 2.38 bits per heavy atom. The molecule has 0 bridgehead atoms. The van der Waals surface area contributed by atoms with E-state index in [9.17, 15) is 9.18 Å². The molecule has 0 aliphatic rings. The van der Waals surface area contributed by atoms with Gasteiger partial charge in [-0.25, -0.2) is 9.07 Å². The Hall–Kier alpha value is -3.15. The van der Waals surface area contributed by atoms with Gasteiger partial charge in [0.15, 0.2) is 0 Å². The highest BCUT2D eigenvalue weighted by Gasteiger charge is 2.24. The number of carbonyl (C=O) groups is 1. The second kappa shape index (κ2) is 8.90. The van der Waals surface area contributed by atoms with Gasteiger partial charge in [-0.05, 0) is 57.2 Å². The Kier molecular flexibility index (Phi) is 6.32. The average molecular weight is 395 g/mol. The predicted molar refractivity (Wildman–Crippen MR) is 111 cm³/mol. The lowest BCUT2D eigenvalue weighted by Crippen LogP contribution is -2.36. The third-order valence-electron chi connectivity index (χ3n) is 4.74. The minimum atomic E-state index is -0.317. The van der Waals surface area contributed by atoms with Crippen LogP contribution in [0.3, 0.4) is 0 Å². The highest BCUT2D eigenvalue weighted by Crippen LogP contribution is 2.32. The van der Waals surface area contributed by atoms with Crippen molar-refractivity contribution in [3.8, 4) is 17.3 Å². The topological polar surface area (TPSA) is 47.4 Å². The summed E-state index contributed by atoms with van der Waals surface area (Å²) in [6.07, 6.45) is 0.429. The molecule has 0 atom stereocenters. The molecule has 0 saturated carbocycles. The van der Waals surface area contributed by atoms with Gasteiger partial charge in [0.1, 0.15) is 11.6 Å². The number of carbonyl (C=O) groups excluding carboxylic acids is 1. The molecular weight excluding hydrogens is 369 g/mol. The molecule has 6 heteroatoms. The number of aryl methyl sites for hydroxylation is 1. The molecule has 152 valence electrons. The first-order valence-corrected chi connectivity index (χ1v) is 9.77. The van der Waals surface area contributed by atoms with Crippen LogP contribution in [-0.2, 0) is 11.3 Å². The van der Waals surface area contributed by atoms with Crippen LogP contribution in [0.2, 0.25) is 0 Å². The normalized spacial score (nSPS) is 11.0. The monoisotopic (exact) mass is 395 g/mol. The standard InChI is InChI=1S/C23H26FN3O2/c1-5-22(28)26(16(2)3)15-21-17(4)25-27(19-13-11-18(24)12-14-19)23(21)29-20-9-7-6-8-10-20/h6-14,16H,5,15H2,1-4H3. The highest BCUT2D eigenvalue weighted by molar-refractivity contribution is 5.76. The Bertz CT molecular complexity index is 966. The molecule has 29 heavy (non-hydrogen) atoms. The summed E-state index contributed by atoms with van der Waals surface area (Å²) in [6, 6.07) is 15.5. The van der Waals surface area contributed by atoms with Crippen LogP contribution in [0, 0.1) is 12.7 Å². The van der Waals surface area contributed by atoms with Crippen molar-refractivity contribution >= 4 is 5.91 Å². The molecule has 2 aromatic carbocycles. The van der Waals surface area contributed by atoms with Crippen molar-refractivity contribution in [2.75, 3.05) is 0 Å². The van der Waals surface area contributed by atoms with E-state index in [1.54, 1.807) is 16.8 Å². The second-order valence-electron chi connectivity index (χ2n) is 7.14. The highest BCUT2D eigenvalue weighted by atomic mass is 19.1. The first-order valence-electron chi connectivity index (χ1n) is 9.77. The number of amides is 1. The Morgan fingerprint density at radius 2 is 1.79 bits per heavy atom. The van der Waals surface area contributed by atoms with Crippen molar-refractivity contribution < 1.29 is 13.9 Å². The van der Waals surface area contributed by atoms with Gasteiger partial charge >= 0.3 is 0 Å². The lowest BCUT2D eigenvalue weighted by Gasteiger charge is -2.26. The van der Waals surface area contributed by atoms with Gasteiger partial charge in [0.25, 0.3) is 0 Å². The molecule has 0 saturated heterocycles. The molecule has 0 fully saturated rings. The van der Waals surface area contributed by atoms with Crippen LogP contribution < -0.4 is 4.74 Å². The van der Waals surface area contributed by atoms with E-state index in [0.29, 0.717) is 30.3 Å². The fourth-order valence-electron chi connectivity index (χ4n) is 3.11. The van der Waals surface area contributed by atoms with Crippen molar-refractivity contribution in [3.63, 3.8) is 0 Å². The maximum absolute atomic E-state index is 13.4. The minimum Gasteiger partial charge on any atom is -0.439 e. The number of aromatic nitrogens is 2. The number of ether oxygens (including phenoxy) is 1. The quantitative estimate of drug-likeness (QED) is 0.548. The van der Waals surface area contributed by atoms with Crippen LogP contribution in [0.15, 0.2) is 54.6 Å². The number of halogens is 1. The minimum absolute atomic E-state index is 0.0422. The van der Waals surface area contributed by atoms with Crippen LogP contribution in [0.1, 0.15) is 38.4 Å². The largest absolute Gasteiger partial charge is 0.439 e. The summed E-state index contributed by atoms with van der Waals surface area (Å²) in [5.41, 5.74) is 2.27. The fraction of sp³-hybridized carbons (Fsp3) is 0.304. The van der Waals surface area contributed by atoms with Crippen LogP contribution in [0.25, 0.3) is 5.69 Å². The van der Waals surface area contributed by atoms with E-state index in [1.165, 1.54) is 12.1 Å². The van der Waals surface area contributed by atoms with E-state index in [-0.39, 0.29) is 17.8 Å². The first kappa shape index (κ1) is 20.6. The second-order valence-corrected chi connectivity index (χ2v) is 7.14. The Morgan fingerprint density at radius 1 is 1.14 bits per heavy atom. The van der Waals surface area contributed by atoms with Gasteiger partial charge in [-0.1, -0.05) is 25.1 Å². The lowest BCUT2D eigenvalue weighted by atomic mass is 10.2. The summed E-state index contributed by atoms with van der Waals surface area (Å²) in [7, 11) is 0. The molecule has 1 amide bonds. The van der Waals surface area contributed by atoms with E-state index < -0.39 is 0 Å². The van der Waals surface area contributed by atoms with Gasteiger partial charge < -0.3 is 9.64 Å². The molecule has 3 rings (SSSR count). The van der Waals surface area contributed by atoms with Crippen LogP contribution in [0.5, 0.6) is 11.6 Å². The maximum atomic E-state index is 13.4. The van der Waals surface area contributed by atoms with Crippen molar-refractivity contribution in [2.45, 2.75) is 46.7 Å². The third-order valence-corrected chi connectivity index (χ3v) is 4.74. The van der Waals surface area contributed by atoms with Crippen LogP contribution in [0.4, 0.5) is 4.39 Å². The summed E-state index contributed by atoms with van der Waals surface area (Å²) in [5.74, 6) is 0.937. The molecule has 0 unspecified atom stereocenters. The molecule has 0 aliphatic carbocycles. The number of hydrogen-bond acceptors (Lipinski definition) is 3. The van der Waals surface area contributed by atoms with Crippen molar-refractivity contribution in [1.29, 1.82) is 0 Å². The summed E-state index contributed by atoms with van der Waals surface area (Å²) in [5, 5.41) is 4.64. The molecule has 5 nitrogen and oxygen atoms in total. The fourth-order valence-corrected chi connectivity index (χ4v) is 3.11. The summed E-state index contributed by atoms with van der Waals surface area (Å²) < 4.78 is 21.3. The van der Waals surface area contributed by atoms with Gasteiger partial charge in [-0.15, -0.1) is 0 Å². The summed E-state index contributed by atoms with van der Waals surface area (Å²) in [6.45, 7) is 8.12. The van der Waals surface area contributed by atoms with Crippen molar-refractivity contribution in [1.82, 2.24) is 14.7 Å². The molecule has 0 aliphatic heterocycles. The van der Waals surface area contributed by atoms with E-state index in [2.05, 4.69) is 5.10 Å². The van der Waals surface area contributed by atoms with Gasteiger partial charge in [-0.3, -0.25) is 4.79 Å². The lowest BCUT2D eigenvalue weighted by molar-refractivity contribution is -0.133. The summed E-state index contributed by atoms with van der Waals surface area (Å²) in [4.78, 5) is 14.3. The molecule has 1 aromatic heterocycles. The van der Waals surface area contributed by atoms with Crippen molar-refractivity contribution in [2.24, 2.45) is 0 Å². The van der Waals surface area contributed by atoms with Crippen molar-refractivity contribution in [3.05, 3.63) is 71.7 Å².